The number of aromatic nitrogens is 4. The van der Waals surface area contributed by atoms with E-state index in [1.54, 1.807) is 48.5 Å². The standard InChI is InChI=1S/C27H35F2N5O4S.C25H29BrF2N4O.C14H16BrNO2.C11H15F2N3.C6H7BrN2.C5H9F2N.C2H7NO3S.ClH/c1-19-2-5-23(30-24(19)34-14-10-27(28,29)11-15-34)31-25(36)21-4-3-20(32-39(37,38)17-16-35)18-22(21)33-12-8-26(6-7-26)9-13-33;1-17-2-5-21(29-22(17)32-14-10-25(27,28)11-15-32)30-23(33)19-4-3-18(26)16-20(19)31-12-8-24(6-7-24)9-13-31;15-10-1-2-11(13(17)18)12(9-10)16-7-5-14(3-4-14)6-8-16;1-8-2-3-9(14)15-10(8)16-6-4-11(12,13)5-7-16;1-4-2-3-5(8)9-6(4)7;6-5(7)1-3-8-4-2-5;3-7(5,6)2-1-4;/h2-5,18,32,35H,6-17H2,1H3,(H,30,31,36);2-5,16H,6-15H2,1H3,(H,29,30,33);1-2,9H,3-8H2,(H,17,18);2-3H,4-7H2,1H3,(H2,14,15);2-3H,1H3,(H2,8,9);8H,1-4H2;4H,1-2H2,(H2,3,5,6);1H. The second-order valence-electron chi connectivity index (χ2n) is 35.5. The van der Waals surface area contributed by atoms with Gasteiger partial charge < -0.3 is 72.1 Å². The summed E-state index contributed by atoms with van der Waals surface area (Å²) >= 11 is 10.2. The number of carboxylic acids is 1. The molecule has 720 valence electrons. The molecule has 13 N–H and O–H groups in total. The van der Waals surface area contributed by atoms with Crippen LogP contribution >= 0.6 is 60.2 Å². The van der Waals surface area contributed by atoms with Crippen molar-refractivity contribution in [2.24, 2.45) is 21.4 Å². The number of aryl methyl sites for hydroxylation is 4. The minimum Gasteiger partial charge on any atom is -0.478 e. The molecule has 27 nitrogen and oxygen atoms in total. The molecule has 17 rings (SSSR count). The summed E-state index contributed by atoms with van der Waals surface area (Å²) in [6.07, 6.45) is 13.6. The number of primary sulfonamides is 1. The Balaban J connectivity index is 0.000000173. The van der Waals surface area contributed by atoms with Gasteiger partial charge in [-0.15, -0.1) is 12.4 Å². The van der Waals surface area contributed by atoms with E-state index in [1.165, 1.54) is 70.3 Å². The smallest absolute Gasteiger partial charge is 0.337 e. The van der Waals surface area contributed by atoms with Gasteiger partial charge in [-0.05, 0) is 238 Å². The molecule has 0 bridgehead atoms. The summed E-state index contributed by atoms with van der Waals surface area (Å²) in [7, 11) is -7.15. The molecule has 2 amide bonds. The minimum atomic E-state index is -3.73. The minimum absolute atomic E-state index is 0. The molecule has 3 spiro atoms. The van der Waals surface area contributed by atoms with Crippen LogP contribution in [0.2, 0.25) is 0 Å². The maximum atomic E-state index is 13.7. The second-order valence-corrected chi connectivity index (χ2v) is 41.7. The summed E-state index contributed by atoms with van der Waals surface area (Å²) in [6.45, 7) is 14.7. The van der Waals surface area contributed by atoms with Crippen LogP contribution in [0.25, 0.3) is 0 Å². The van der Waals surface area contributed by atoms with Crippen molar-refractivity contribution in [3.8, 4) is 0 Å². The van der Waals surface area contributed by atoms with Crippen LogP contribution < -0.4 is 66.7 Å². The number of nitrogens with one attached hydrogen (secondary N) is 4. The Morgan fingerprint density at radius 1 is 0.412 bits per heavy atom. The van der Waals surface area contributed by atoms with E-state index in [2.05, 4.69) is 108 Å². The molecule has 3 aliphatic carbocycles. The van der Waals surface area contributed by atoms with Crippen molar-refractivity contribution in [2.75, 3.05) is 173 Å². The number of piperidine rings is 7. The largest absolute Gasteiger partial charge is 0.478 e. The lowest BCUT2D eigenvalue weighted by atomic mass is 9.93. The Kier molecular flexibility index (Phi) is 36.0. The number of amides is 2. The molecular weight excluding hydrogens is 1970 g/mol. The lowest BCUT2D eigenvalue weighted by molar-refractivity contribution is -0.0276. The Hall–Kier alpha value is -8.22. The number of carbonyl (C=O) groups excluding carboxylic acids is 2. The van der Waals surface area contributed by atoms with E-state index >= 15 is 0 Å². The van der Waals surface area contributed by atoms with Gasteiger partial charge in [0.2, 0.25) is 20.0 Å². The Bertz CT molecular complexity index is 5300. The van der Waals surface area contributed by atoms with Crippen LogP contribution in [0, 0.1) is 43.9 Å². The third-order valence-electron chi connectivity index (χ3n) is 25.5. The normalized spacial score (nSPS) is 19.6. The summed E-state index contributed by atoms with van der Waals surface area (Å²) in [5, 5.41) is 39.4. The van der Waals surface area contributed by atoms with Gasteiger partial charge >= 0.3 is 5.97 Å². The van der Waals surface area contributed by atoms with Crippen molar-refractivity contribution in [2.45, 2.75) is 180 Å². The molecule has 41 heteroatoms. The lowest BCUT2D eigenvalue weighted by Gasteiger charge is -2.35. The van der Waals surface area contributed by atoms with Gasteiger partial charge in [0.1, 0.15) is 45.3 Å². The molecule has 3 saturated carbocycles. The van der Waals surface area contributed by atoms with Crippen molar-refractivity contribution < 1.29 is 81.7 Å². The summed E-state index contributed by atoms with van der Waals surface area (Å²) in [5.74, 6) is -8.73. The number of hydrogen-bond donors (Lipinski definition) is 10. The van der Waals surface area contributed by atoms with Crippen molar-refractivity contribution in [3.05, 3.63) is 156 Å². The molecule has 131 heavy (non-hydrogen) atoms. The fourth-order valence-electron chi connectivity index (χ4n) is 16.6. The maximum absolute atomic E-state index is 13.7. The van der Waals surface area contributed by atoms with Gasteiger partial charge in [0, 0.05) is 152 Å². The topological polar surface area (TPSA) is 377 Å². The quantitative estimate of drug-likeness (QED) is 0.0299. The molecule has 4 aromatic heterocycles. The van der Waals surface area contributed by atoms with Crippen LogP contribution in [-0.2, 0) is 20.0 Å². The fourth-order valence-corrected chi connectivity index (χ4v) is 18.7. The van der Waals surface area contributed by atoms with E-state index in [9.17, 15) is 71.4 Å². The molecule has 3 aromatic carbocycles. The third-order valence-corrected chi connectivity index (χ3v) is 29.3. The number of nitrogen functional groups attached to an aromatic ring is 2. The number of anilines is 11. The number of alkyl halides is 8. The number of halogens is 12. The highest BCUT2D eigenvalue weighted by molar-refractivity contribution is 9.11. The van der Waals surface area contributed by atoms with Gasteiger partial charge in [0.25, 0.3) is 35.5 Å². The van der Waals surface area contributed by atoms with Crippen molar-refractivity contribution in [3.63, 3.8) is 0 Å². The van der Waals surface area contributed by atoms with Crippen LogP contribution in [0.5, 0.6) is 0 Å². The Morgan fingerprint density at radius 3 is 1.06 bits per heavy atom. The van der Waals surface area contributed by atoms with E-state index in [1.807, 2.05) is 90.9 Å². The number of nitrogens with zero attached hydrogens (tertiary/aromatic N) is 10. The number of benzene rings is 3. The van der Waals surface area contributed by atoms with Gasteiger partial charge in [-0.2, -0.15) is 0 Å². The monoisotopic (exact) mass is 2090 g/mol. The molecule has 7 aromatic rings. The molecule has 11 heterocycles. The molecule has 10 aliphatic rings. The van der Waals surface area contributed by atoms with Crippen LogP contribution in [0.3, 0.4) is 0 Å². The number of carboxylic acid groups (broad SMARTS) is 1. The first kappa shape index (κ1) is 105. The molecule has 0 unspecified atom stereocenters. The first-order chi connectivity index (χ1) is 61.3. The van der Waals surface area contributed by atoms with E-state index in [-0.39, 0.29) is 102 Å². The number of aliphatic hydroxyl groups excluding tert-OH is 2. The van der Waals surface area contributed by atoms with Crippen LogP contribution in [-0.4, -0.2) is 210 Å². The number of sulfonamides is 2. The zero-order chi connectivity index (χ0) is 94.4. The molecule has 0 atom stereocenters. The zero-order valence-corrected chi connectivity index (χ0v) is 81.2. The Labute approximate surface area is 792 Å². The summed E-state index contributed by atoms with van der Waals surface area (Å²) < 4.78 is 154. The Morgan fingerprint density at radius 2 is 0.733 bits per heavy atom. The van der Waals surface area contributed by atoms with Gasteiger partial charge in [-0.1, -0.05) is 56.1 Å². The third kappa shape index (κ3) is 31.2. The molecule has 7 aliphatic heterocycles. The number of rotatable bonds is 17. The number of pyridine rings is 4. The van der Waals surface area contributed by atoms with Gasteiger partial charge in [-0.25, -0.2) is 81.8 Å². The van der Waals surface area contributed by atoms with Gasteiger partial charge in [-0.3, -0.25) is 14.3 Å². The molecule has 10 fully saturated rings. The van der Waals surface area contributed by atoms with E-state index < -0.39 is 74.6 Å². The first-order valence-electron chi connectivity index (χ1n) is 43.9. The fraction of sp³-hybridized carbons (Fsp3) is 0.544. The second kappa shape index (κ2) is 45.0. The lowest BCUT2D eigenvalue weighted by Crippen LogP contribution is -2.40. The number of aliphatic hydroxyl groups is 2. The van der Waals surface area contributed by atoms with Crippen LogP contribution in [0.4, 0.5) is 98.6 Å². The average Bonchev–Trinajstić information content (AvgIpc) is 1.64. The summed E-state index contributed by atoms with van der Waals surface area (Å²) in [6, 6.07) is 30.4. The number of hydrogen-bond acceptors (Lipinski definition) is 22. The SMILES string of the molecule is Cc1ccc(N)nc1Br.Cc1ccc(N)nc1N1CCC(F)(F)CC1.Cc1ccc(NC(=O)c2ccc(Br)cc2N2CCC3(CC2)CC3)nc1N1CCC(F)(F)CC1.Cc1ccc(NC(=O)c2ccc(NS(=O)(=O)CCO)cc2N2CCC3(CC2)CC3)nc1N1CCC(F)(F)CC1.Cl.FC1(F)CCNCC1.NS(=O)(=O)CCO.O=C(O)c1ccc(Br)cc1N1CCC2(CC1)CC2. The van der Waals surface area contributed by atoms with Gasteiger partial charge in [0.05, 0.1) is 64.2 Å². The van der Waals surface area contributed by atoms with Crippen molar-refractivity contribution >= 4 is 162 Å². The van der Waals surface area contributed by atoms with Crippen molar-refractivity contribution in [1.29, 1.82) is 0 Å². The zero-order valence-electron chi connectivity index (χ0n) is 74.0. The van der Waals surface area contributed by atoms with E-state index in [0.717, 1.165) is 105 Å². The highest BCUT2D eigenvalue weighted by Crippen LogP contribution is 2.56. The summed E-state index contributed by atoms with van der Waals surface area (Å²) in [4.78, 5) is 67.7. The maximum Gasteiger partial charge on any atom is 0.337 e. The van der Waals surface area contributed by atoms with Crippen molar-refractivity contribution in [1.82, 2.24) is 25.3 Å². The number of carbonyl (C=O) groups is 3. The molecule has 0 radical (unpaired) electrons. The molecule has 7 saturated heterocycles. The van der Waals surface area contributed by atoms with E-state index in [4.69, 9.17) is 21.7 Å². The van der Waals surface area contributed by atoms with Gasteiger partial charge in [0.15, 0.2) is 0 Å². The predicted molar refractivity (Wildman–Crippen MR) is 512 cm³/mol. The molecular formula is C90H119Br3ClF8N17O10S2. The average molecular weight is 2090 g/mol. The number of aromatic carboxylic acids is 1. The van der Waals surface area contributed by atoms with Crippen LogP contribution in [0.15, 0.2) is 117 Å². The van der Waals surface area contributed by atoms with E-state index in [0.29, 0.717) is 105 Å². The summed E-state index contributed by atoms with van der Waals surface area (Å²) in [5.41, 5.74) is 20.5. The predicted octanol–water partition coefficient (Wildman–Crippen LogP) is 17.2. The first-order valence-corrected chi connectivity index (χ1v) is 49.6. The van der Waals surface area contributed by atoms with Crippen LogP contribution in [0.1, 0.15) is 182 Å². The highest BCUT2D eigenvalue weighted by atomic mass is 79.9. The number of nitrogens with two attached hydrogens (primary N) is 3. The highest BCUT2D eigenvalue weighted by Gasteiger charge is 2.48.